The number of esters is 1. The van der Waals surface area contributed by atoms with Crippen molar-refractivity contribution in [3.8, 4) is 0 Å². The first-order chi connectivity index (χ1) is 11.6. The summed E-state index contributed by atoms with van der Waals surface area (Å²) in [5, 5.41) is 0. The molecule has 0 aromatic carbocycles. The Kier molecular flexibility index (Phi) is 7.82. The van der Waals surface area contributed by atoms with Gasteiger partial charge in [-0.25, -0.2) is 0 Å². The molecule has 0 saturated heterocycles. The lowest BCUT2D eigenvalue weighted by atomic mass is 9.72. The normalized spacial score (nSPS) is 19.2. The maximum absolute atomic E-state index is 12.0. The van der Waals surface area contributed by atoms with E-state index in [9.17, 15) is 9.59 Å². The van der Waals surface area contributed by atoms with Crippen LogP contribution in [-0.2, 0) is 14.3 Å². The molecular weight excluding hydrogens is 312 g/mol. The van der Waals surface area contributed by atoms with Crippen LogP contribution in [0.25, 0.3) is 0 Å². The average molecular weight is 342 g/mol. The lowest BCUT2D eigenvalue weighted by Crippen LogP contribution is -2.24. The fourth-order valence-electron chi connectivity index (χ4n) is 2.74. The summed E-state index contributed by atoms with van der Waals surface area (Å²) in [6, 6.07) is 0. The smallest absolute Gasteiger partial charge is 0.302 e. The molecule has 1 aliphatic carbocycles. The van der Waals surface area contributed by atoms with E-state index in [0.29, 0.717) is 13.0 Å². The van der Waals surface area contributed by atoms with Gasteiger partial charge in [0.2, 0.25) is 0 Å². The maximum Gasteiger partial charge on any atom is 0.302 e. The molecule has 0 saturated carbocycles. The Bertz CT molecular complexity index is 667. The largest absolute Gasteiger partial charge is 0.462 e. The van der Waals surface area contributed by atoms with Crippen LogP contribution < -0.4 is 0 Å². The van der Waals surface area contributed by atoms with Crippen molar-refractivity contribution in [2.45, 2.75) is 54.4 Å². The van der Waals surface area contributed by atoms with E-state index in [1.807, 2.05) is 45.1 Å². The molecule has 0 aromatic heterocycles. The van der Waals surface area contributed by atoms with Crippen LogP contribution in [0.1, 0.15) is 54.4 Å². The minimum atomic E-state index is -0.275. The molecule has 3 nitrogen and oxygen atoms in total. The third-order valence-corrected chi connectivity index (χ3v) is 4.45. The molecule has 3 heteroatoms. The number of rotatable bonds is 6. The molecule has 0 fully saturated rings. The van der Waals surface area contributed by atoms with Crippen LogP contribution in [0, 0.1) is 5.41 Å². The van der Waals surface area contributed by atoms with E-state index in [-0.39, 0.29) is 17.2 Å². The number of carbonyl (C=O) groups excluding carboxylic acids is 2. The van der Waals surface area contributed by atoms with Gasteiger partial charge >= 0.3 is 5.97 Å². The van der Waals surface area contributed by atoms with Gasteiger partial charge < -0.3 is 4.74 Å². The second-order valence-electron chi connectivity index (χ2n) is 7.20. The summed E-state index contributed by atoms with van der Waals surface area (Å²) < 4.78 is 4.88. The van der Waals surface area contributed by atoms with Crippen LogP contribution in [0.5, 0.6) is 0 Å². The fraction of sp³-hybridized carbons (Fsp3) is 0.455. The number of Topliss-reactive ketones (excluding diaryl/α,β-unsaturated/α-hetero) is 1. The molecule has 0 atom stereocenters. The Labute approximate surface area is 151 Å². The van der Waals surface area contributed by atoms with Crippen molar-refractivity contribution in [1.29, 1.82) is 0 Å². The summed E-state index contributed by atoms with van der Waals surface area (Å²) in [6.45, 7) is 12.0. The van der Waals surface area contributed by atoms with E-state index in [4.69, 9.17) is 4.74 Å². The number of hydrogen-bond acceptors (Lipinski definition) is 3. The van der Waals surface area contributed by atoms with E-state index in [0.717, 1.165) is 28.7 Å². The van der Waals surface area contributed by atoms with E-state index < -0.39 is 0 Å². The van der Waals surface area contributed by atoms with Crippen molar-refractivity contribution in [2.75, 3.05) is 6.61 Å². The summed E-state index contributed by atoms with van der Waals surface area (Å²) in [4.78, 5) is 22.7. The topological polar surface area (TPSA) is 43.4 Å². The van der Waals surface area contributed by atoms with Crippen LogP contribution >= 0.6 is 0 Å². The number of ether oxygens (including phenoxy) is 1. The fourth-order valence-corrected chi connectivity index (χ4v) is 2.74. The molecule has 0 bridgehead atoms. The number of ketones is 1. The number of allylic oxidation sites excluding steroid dienone is 9. The maximum atomic E-state index is 12.0. The Morgan fingerprint density at radius 3 is 2.48 bits per heavy atom. The highest BCUT2D eigenvalue weighted by atomic mass is 16.5. The summed E-state index contributed by atoms with van der Waals surface area (Å²) >= 11 is 0. The van der Waals surface area contributed by atoms with Crippen LogP contribution in [0.15, 0.2) is 58.7 Å². The predicted octanol–water partition coefficient (Wildman–Crippen LogP) is 5.26. The van der Waals surface area contributed by atoms with Gasteiger partial charge in [-0.15, -0.1) is 0 Å². The summed E-state index contributed by atoms with van der Waals surface area (Å²) in [5.74, 6) is -0.0170. The van der Waals surface area contributed by atoms with Crippen LogP contribution in [-0.4, -0.2) is 18.4 Å². The highest BCUT2D eigenvalue weighted by molar-refractivity contribution is 5.97. The molecule has 136 valence electrons. The van der Waals surface area contributed by atoms with Crippen molar-refractivity contribution < 1.29 is 14.3 Å². The van der Waals surface area contributed by atoms with E-state index in [2.05, 4.69) is 26.0 Å². The zero-order valence-corrected chi connectivity index (χ0v) is 16.3. The first-order valence-corrected chi connectivity index (χ1v) is 8.71. The molecule has 0 radical (unpaired) electrons. The summed E-state index contributed by atoms with van der Waals surface area (Å²) in [5.41, 5.74) is 4.21. The van der Waals surface area contributed by atoms with Gasteiger partial charge in [0.1, 0.15) is 6.61 Å². The van der Waals surface area contributed by atoms with Crippen LogP contribution in [0.2, 0.25) is 0 Å². The van der Waals surface area contributed by atoms with Gasteiger partial charge in [-0.2, -0.15) is 0 Å². The molecule has 0 amide bonds. The average Bonchev–Trinajstić information content (AvgIpc) is 2.50. The van der Waals surface area contributed by atoms with Crippen molar-refractivity contribution in [1.82, 2.24) is 0 Å². The van der Waals surface area contributed by atoms with E-state index >= 15 is 0 Å². The van der Waals surface area contributed by atoms with Crippen molar-refractivity contribution >= 4 is 11.8 Å². The van der Waals surface area contributed by atoms with Gasteiger partial charge in [-0.1, -0.05) is 55.4 Å². The zero-order chi connectivity index (χ0) is 19.0. The first kappa shape index (κ1) is 20.9. The molecule has 25 heavy (non-hydrogen) atoms. The number of hydrogen-bond donors (Lipinski definition) is 0. The lowest BCUT2D eigenvalue weighted by Gasteiger charge is -2.32. The second kappa shape index (κ2) is 9.36. The quantitative estimate of drug-likeness (QED) is 0.488. The summed E-state index contributed by atoms with van der Waals surface area (Å²) in [7, 11) is 0. The summed E-state index contributed by atoms with van der Waals surface area (Å²) in [6.07, 6.45) is 13.5. The van der Waals surface area contributed by atoms with E-state index in [1.165, 1.54) is 6.92 Å². The Morgan fingerprint density at radius 2 is 1.84 bits per heavy atom. The highest BCUT2D eigenvalue weighted by Gasteiger charge is 2.30. The third kappa shape index (κ3) is 7.08. The third-order valence-electron chi connectivity index (χ3n) is 4.45. The SMILES string of the molecule is CC(=O)OC/C=C(C)/C=C/C=C(C)/C=C/C1=C(C)C(=O)CCC1(C)C. The Hall–Kier alpha value is -2.16. The molecule has 1 aliphatic rings. The van der Waals surface area contributed by atoms with Crippen LogP contribution in [0.4, 0.5) is 0 Å². The molecule has 0 unspecified atom stereocenters. The zero-order valence-electron chi connectivity index (χ0n) is 16.3. The van der Waals surface area contributed by atoms with E-state index in [1.54, 1.807) is 0 Å². The molecule has 0 heterocycles. The lowest BCUT2D eigenvalue weighted by molar-refractivity contribution is -0.139. The Morgan fingerprint density at radius 1 is 1.16 bits per heavy atom. The van der Waals surface area contributed by atoms with Crippen molar-refractivity contribution in [3.05, 3.63) is 58.7 Å². The standard InChI is InChI=1S/C22H30O3/c1-16(8-7-9-17(2)13-15-25-19(4)23)10-11-20-18(3)21(24)12-14-22(20,5)6/h7-11,13H,12,14-15H2,1-6H3/b9-7+,11-10+,16-8+,17-13+. The van der Waals surface area contributed by atoms with Crippen molar-refractivity contribution in [3.63, 3.8) is 0 Å². The van der Waals surface area contributed by atoms with Crippen molar-refractivity contribution in [2.24, 2.45) is 5.41 Å². The Balaban J connectivity index is 2.75. The molecule has 0 aromatic rings. The minimum absolute atomic E-state index is 0.0423. The molecule has 0 N–H and O–H groups in total. The van der Waals surface area contributed by atoms with Gasteiger partial charge in [0, 0.05) is 13.3 Å². The first-order valence-electron chi connectivity index (χ1n) is 8.71. The molecule has 1 rings (SSSR count). The second-order valence-corrected chi connectivity index (χ2v) is 7.20. The molecule has 0 spiro atoms. The van der Waals surface area contributed by atoms with Gasteiger partial charge in [0.05, 0.1) is 0 Å². The predicted molar refractivity (Wildman–Crippen MR) is 103 cm³/mol. The minimum Gasteiger partial charge on any atom is -0.462 e. The molecule has 0 aliphatic heterocycles. The molecular formula is C22H30O3. The van der Waals surface area contributed by atoms with Gasteiger partial charge in [-0.05, 0) is 49.8 Å². The van der Waals surface area contributed by atoms with Gasteiger partial charge in [0.15, 0.2) is 5.78 Å². The van der Waals surface area contributed by atoms with Gasteiger partial charge in [-0.3, -0.25) is 9.59 Å². The van der Waals surface area contributed by atoms with Crippen LogP contribution in [0.3, 0.4) is 0 Å². The highest BCUT2D eigenvalue weighted by Crippen LogP contribution is 2.39. The monoisotopic (exact) mass is 342 g/mol. The number of carbonyl (C=O) groups is 2. The van der Waals surface area contributed by atoms with Gasteiger partial charge in [0.25, 0.3) is 0 Å².